The number of halogens is 1. The van der Waals surface area contributed by atoms with Crippen LogP contribution in [0.25, 0.3) is 0 Å². The summed E-state index contributed by atoms with van der Waals surface area (Å²) < 4.78 is 1.15. The van der Waals surface area contributed by atoms with Crippen LogP contribution in [0.5, 0.6) is 0 Å². The maximum Gasteiger partial charge on any atom is 0.0896 e. The molecule has 1 N–H and O–H groups in total. The van der Waals surface area contributed by atoms with Crippen molar-refractivity contribution in [1.82, 2.24) is 10.3 Å². The summed E-state index contributed by atoms with van der Waals surface area (Å²) in [5, 5.41) is 4.61. The van der Waals surface area contributed by atoms with Crippen LogP contribution in [-0.4, -0.2) is 18.1 Å². The third-order valence-corrected chi connectivity index (χ3v) is 4.51. The number of nitrogens with one attached hydrogen (secondary N) is 1. The lowest BCUT2D eigenvalue weighted by Crippen LogP contribution is -2.22. The van der Waals surface area contributed by atoms with Gasteiger partial charge in [0.2, 0.25) is 0 Å². The first-order valence-corrected chi connectivity index (χ1v) is 8.17. The molecular formula is C15H19BrN2S. The summed E-state index contributed by atoms with van der Waals surface area (Å²) >= 11 is 5.36. The van der Waals surface area contributed by atoms with Gasteiger partial charge in [-0.3, -0.25) is 0 Å². The molecule has 2 aromatic rings. The molecule has 0 saturated carbocycles. The van der Waals surface area contributed by atoms with Gasteiger partial charge in [0.1, 0.15) is 0 Å². The van der Waals surface area contributed by atoms with E-state index in [0.717, 1.165) is 29.0 Å². The second kappa shape index (κ2) is 7.17. The number of hydrogen-bond acceptors (Lipinski definition) is 3. The van der Waals surface area contributed by atoms with Gasteiger partial charge in [0.25, 0.3) is 0 Å². The summed E-state index contributed by atoms with van der Waals surface area (Å²) in [4.78, 5) is 5.71. The minimum Gasteiger partial charge on any atom is -0.316 e. The Morgan fingerprint density at radius 1 is 1.42 bits per heavy atom. The van der Waals surface area contributed by atoms with E-state index in [-0.39, 0.29) is 0 Å². The molecule has 0 aliphatic carbocycles. The topological polar surface area (TPSA) is 24.9 Å². The predicted molar refractivity (Wildman–Crippen MR) is 86.0 cm³/mol. The van der Waals surface area contributed by atoms with E-state index in [1.807, 2.05) is 6.20 Å². The SMILES string of the molecule is CCNCC(Cc1cnc(C)s1)c1cccc(Br)c1. The van der Waals surface area contributed by atoms with Crippen molar-refractivity contribution in [3.63, 3.8) is 0 Å². The number of aryl methyl sites for hydroxylation is 1. The summed E-state index contributed by atoms with van der Waals surface area (Å²) in [5.74, 6) is 0.497. The van der Waals surface area contributed by atoms with Crippen LogP contribution >= 0.6 is 27.3 Å². The first kappa shape index (κ1) is 14.7. The Bertz CT molecular complexity index is 524. The van der Waals surface area contributed by atoms with Crippen molar-refractivity contribution in [2.45, 2.75) is 26.2 Å². The number of likely N-dealkylation sites (N-methyl/N-ethyl adjacent to an activating group) is 1. The maximum atomic E-state index is 4.35. The van der Waals surface area contributed by atoms with E-state index in [1.54, 1.807) is 11.3 Å². The molecule has 1 aromatic carbocycles. The maximum absolute atomic E-state index is 4.35. The van der Waals surface area contributed by atoms with E-state index in [0.29, 0.717) is 5.92 Å². The Balaban J connectivity index is 2.15. The zero-order valence-corrected chi connectivity index (χ0v) is 13.7. The van der Waals surface area contributed by atoms with Gasteiger partial charge in [0.05, 0.1) is 5.01 Å². The van der Waals surface area contributed by atoms with Crippen LogP contribution in [0.2, 0.25) is 0 Å². The Morgan fingerprint density at radius 3 is 2.89 bits per heavy atom. The molecule has 0 radical (unpaired) electrons. The van der Waals surface area contributed by atoms with Crippen molar-refractivity contribution >= 4 is 27.3 Å². The van der Waals surface area contributed by atoms with E-state index in [2.05, 4.69) is 64.3 Å². The third kappa shape index (κ3) is 4.41. The van der Waals surface area contributed by atoms with Gasteiger partial charge in [0, 0.05) is 28.0 Å². The van der Waals surface area contributed by atoms with Gasteiger partial charge in [-0.2, -0.15) is 0 Å². The van der Waals surface area contributed by atoms with E-state index in [1.165, 1.54) is 10.4 Å². The number of benzene rings is 1. The average molecular weight is 339 g/mol. The van der Waals surface area contributed by atoms with E-state index < -0.39 is 0 Å². The lowest BCUT2D eigenvalue weighted by atomic mass is 9.95. The van der Waals surface area contributed by atoms with Crippen molar-refractivity contribution in [2.24, 2.45) is 0 Å². The zero-order chi connectivity index (χ0) is 13.7. The van der Waals surface area contributed by atoms with Gasteiger partial charge in [0.15, 0.2) is 0 Å². The van der Waals surface area contributed by atoms with Crippen LogP contribution in [-0.2, 0) is 6.42 Å². The molecule has 0 saturated heterocycles. The van der Waals surface area contributed by atoms with Gasteiger partial charge in [-0.25, -0.2) is 4.98 Å². The molecular weight excluding hydrogens is 320 g/mol. The van der Waals surface area contributed by atoms with Gasteiger partial charge < -0.3 is 5.32 Å². The summed E-state index contributed by atoms with van der Waals surface area (Å²) in [6.45, 7) is 6.22. The lowest BCUT2D eigenvalue weighted by molar-refractivity contribution is 0.597. The first-order valence-electron chi connectivity index (χ1n) is 6.56. The number of nitrogens with zero attached hydrogens (tertiary/aromatic N) is 1. The van der Waals surface area contributed by atoms with Gasteiger partial charge in [-0.05, 0) is 37.6 Å². The molecule has 1 atom stereocenters. The second-order valence-corrected chi connectivity index (χ2v) is 6.84. The van der Waals surface area contributed by atoms with Crippen molar-refractivity contribution < 1.29 is 0 Å². The molecule has 0 amide bonds. The van der Waals surface area contributed by atoms with E-state index in [9.17, 15) is 0 Å². The third-order valence-electron chi connectivity index (χ3n) is 3.08. The summed E-state index contributed by atoms with van der Waals surface area (Å²) in [5.41, 5.74) is 1.38. The molecule has 102 valence electrons. The number of rotatable bonds is 6. The van der Waals surface area contributed by atoms with Crippen molar-refractivity contribution in [2.75, 3.05) is 13.1 Å². The fourth-order valence-electron chi connectivity index (χ4n) is 2.13. The van der Waals surface area contributed by atoms with Gasteiger partial charge >= 0.3 is 0 Å². The summed E-state index contributed by atoms with van der Waals surface area (Å²) in [7, 11) is 0. The van der Waals surface area contributed by atoms with Gasteiger partial charge in [-0.15, -0.1) is 11.3 Å². The molecule has 1 heterocycles. The predicted octanol–water partition coefficient (Wildman–Crippen LogP) is 4.15. The smallest absolute Gasteiger partial charge is 0.0896 e. The van der Waals surface area contributed by atoms with Crippen LogP contribution in [0.4, 0.5) is 0 Å². The highest BCUT2D eigenvalue weighted by atomic mass is 79.9. The Hall–Kier alpha value is -0.710. The summed E-state index contributed by atoms with van der Waals surface area (Å²) in [6.07, 6.45) is 3.06. The molecule has 1 unspecified atom stereocenters. The number of hydrogen-bond donors (Lipinski definition) is 1. The minimum atomic E-state index is 0.497. The Labute approximate surface area is 127 Å². The minimum absolute atomic E-state index is 0.497. The number of thiazole rings is 1. The molecule has 0 bridgehead atoms. The highest BCUT2D eigenvalue weighted by Gasteiger charge is 2.13. The van der Waals surface area contributed by atoms with E-state index in [4.69, 9.17) is 0 Å². The monoisotopic (exact) mass is 338 g/mol. The largest absolute Gasteiger partial charge is 0.316 e. The lowest BCUT2D eigenvalue weighted by Gasteiger charge is -2.17. The molecule has 0 spiro atoms. The van der Waals surface area contributed by atoms with Crippen LogP contribution in [0.15, 0.2) is 34.9 Å². The van der Waals surface area contributed by atoms with Crippen molar-refractivity contribution in [1.29, 1.82) is 0 Å². The number of aromatic nitrogens is 1. The molecule has 19 heavy (non-hydrogen) atoms. The van der Waals surface area contributed by atoms with Crippen LogP contribution in [0, 0.1) is 6.92 Å². The quantitative estimate of drug-likeness (QED) is 0.855. The standard InChI is InChI=1S/C15H19BrN2S/c1-3-17-9-13(8-15-10-18-11(2)19-15)12-5-4-6-14(16)7-12/h4-7,10,13,17H,3,8-9H2,1-2H3. The second-order valence-electron chi connectivity index (χ2n) is 4.61. The van der Waals surface area contributed by atoms with Crippen molar-refractivity contribution in [3.8, 4) is 0 Å². The normalized spacial score (nSPS) is 12.6. The first-order chi connectivity index (χ1) is 9.19. The van der Waals surface area contributed by atoms with E-state index >= 15 is 0 Å². The van der Waals surface area contributed by atoms with Crippen LogP contribution in [0.1, 0.15) is 28.3 Å². The molecule has 0 aliphatic rings. The molecule has 2 rings (SSSR count). The van der Waals surface area contributed by atoms with Gasteiger partial charge in [-0.1, -0.05) is 35.0 Å². The molecule has 0 aliphatic heterocycles. The van der Waals surface area contributed by atoms with Crippen LogP contribution in [0.3, 0.4) is 0 Å². The highest BCUT2D eigenvalue weighted by molar-refractivity contribution is 9.10. The molecule has 4 heteroatoms. The fraction of sp³-hybridized carbons (Fsp3) is 0.400. The zero-order valence-electron chi connectivity index (χ0n) is 11.3. The van der Waals surface area contributed by atoms with Crippen molar-refractivity contribution in [3.05, 3.63) is 50.4 Å². The molecule has 0 fully saturated rings. The highest BCUT2D eigenvalue weighted by Crippen LogP contribution is 2.25. The molecule has 2 nitrogen and oxygen atoms in total. The summed E-state index contributed by atoms with van der Waals surface area (Å²) in [6, 6.07) is 8.61. The average Bonchev–Trinajstić information content (AvgIpc) is 2.80. The Kier molecular flexibility index (Phi) is 5.55. The molecule has 1 aromatic heterocycles. The van der Waals surface area contributed by atoms with Crippen LogP contribution < -0.4 is 5.32 Å². The Morgan fingerprint density at radius 2 is 2.26 bits per heavy atom. The fourth-order valence-corrected chi connectivity index (χ4v) is 3.42.